The van der Waals surface area contributed by atoms with Crippen LogP contribution in [0.2, 0.25) is 0 Å². The van der Waals surface area contributed by atoms with E-state index in [0.717, 1.165) is 5.39 Å². The predicted octanol–water partition coefficient (Wildman–Crippen LogP) is -0.816. The Morgan fingerprint density at radius 3 is 1.87 bits per heavy atom. The van der Waals surface area contributed by atoms with Crippen molar-refractivity contribution in [2.45, 2.75) is 30.2 Å². The number of rotatable bonds is 9. The van der Waals surface area contributed by atoms with Crippen LogP contribution in [0, 0.1) is 0 Å². The van der Waals surface area contributed by atoms with Crippen LogP contribution in [-0.4, -0.2) is 43.3 Å². The van der Waals surface area contributed by atoms with Gasteiger partial charge in [-0.2, -0.15) is 4.72 Å². The molecule has 0 saturated heterocycles. The Morgan fingerprint density at radius 1 is 0.867 bits per heavy atom. The third-order valence-corrected chi connectivity index (χ3v) is 5.12. The number of carboxylic acid groups (broad SMARTS) is 1. The summed E-state index contributed by atoms with van der Waals surface area (Å²) in [5.41, 5.74) is 14.3. The van der Waals surface area contributed by atoms with Gasteiger partial charge in [0, 0.05) is 12.8 Å². The zero-order valence-electron chi connectivity index (χ0n) is 15.8. The first-order valence-electron chi connectivity index (χ1n) is 8.51. The highest BCUT2D eigenvalue weighted by atomic mass is 32.2. The van der Waals surface area contributed by atoms with Crippen molar-refractivity contribution < 1.29 is 32.7 Å². The summed E-state index contributed by atoms with van der Waals surface area (Å²) in [7, 11) is -4.08. The highest BCUT2D eigenvalue weighted by Gasteiger charge is 2.27. The maximum absolute atomic E-state index is 12.2. The monoisotopic (exact) mass is 438 g/mol. The zero-order valence-corrected chi connectivity index (χ0v) is 16.6. The molecule has 0 aliphatic carbocycles. The van der Waals surface area contributed by atoms with Gasteiger partial charge in [0.05, 0.1) is 11.3 Å². The first-order valence-corrected chi connectivity index (χ1v) is 9.99. The highest BCUT2D eigenvalue weighted by Crippen LogP contribution is 2.19. The Labute approximate surface area is 172 Å². The second-order valence-electron chi connectivity index (χ2n) is 6.12. The summed E-state index contributed by atoms with van der Waals surface area (Å²) in [5.74, 6) is -3.37. The normalized spacial score (nSPS) is 11.7. The summed E-state index contributed by atoms with van der Waals surface area (Å²) in [5, 5.41) is 10.5. The zero-order chi connectivity index (χ0) is 22.9. The third kappa shape index (κ3) is 8.24. The van der Waals surface area contributed by atoms with Crippen molar-refractivity contribution in [3.63, 3.8) is 0 Å². The summed E-state index contributed by atoms with van der Waals surface area (Å²) in [6.45, 7) is 0. The molecule has 0 bridgehead atoms. The number of aliphatic carboxylic acids is 1. The van der Waals surface area contributed by atoms with Gasteiger partial charge in [0.1, 0.15) is 6.04 Å². The van der Waals surface area contributed by atoms with Crippen molar-refractivity contribution in [2.75, 3.05) is 0 Å². The minimum atomic E-state index is -4.08. The number of primary amides is 3. The lowest BCUT2D eigenvalue weighted by Gasteiger charge is -2.13. The van der Waals surface area contributed by atoms with Crippen molar-refractivity contribution >= 4 is 44.5 Å². The van der Waals surface area contributed by atoms with Crippen LogP contribution in [0.15, 0.2) is 47.4 Å². The fourth-order valence-electron chi connectivity index (χ4n) is 2.22. The van der Waals surface area contributed by atoms with E-state index in [1.54, 1.807) is 18.2 Å². The number of carbonyl (C=O) groups is 4. The summed E-state index contributed by atoms with van der Waals surface area (Å²) in [6, 6.07) is 9.97. The second kappa shape index (κ2) is 10.9. The average Bonchev–Trinajstić information content (AvgIpc) is 2.65. The minimum Gasteiger partial charge on any atom is -0.480 e. The molecular formula is C18H22N4O7S. The number of carboxylic acids is 1. The molecule has 0 heterocycles. The van der Waals surface area contributed by atoms with Crippen LogP contribution in [0.25, 0.3) is 10.8 Å². The number of sulfonamides is 1. The van der Waals surface area contributed by atoms with Gasteiger partial charge in [0.15, 0.2) is 0 Å². The van der Waals surface area contributed by atoms with Crippen molar-refractivity contribution in [3.05, 3.63) is 42.5 Å². The summed E-state index contributed by atoms with van der Waals surface area (Å²) >= 11 is 0. The van der Waals surface area contributed by atoms with Crippen molar-refractivity contribution in [1.82, 2.24) is 4.72 Å². The molecule has 0 spiro atoms. The summed E-state index contributed by atoms with van der Waals surface area (Å²) < 4.78 is 26.5. The molecular weight excluding hydrogens is 416 g/mol. The van der Waals surface area contributed by atoms with Crippen LogP contribution in [0.4, 0.5) is 0 Å². The fourth-order valence-corrected chi connectivity index (χ4v) is 3.44. The predicted molar refractivity (Wildman–Crippen MR) is 107 cm³/mol. The van der Waals surface area contributed by atoms with E-state index in [-0.39, 0.29) is 17.7 Å². The molecule has 1 unspecified atom stereocenters. The molecule has 11 nitrogen and oxygen atoms in total. The quantitative estimate of drug-likeness (QED) is 0.335. The van der Waals surface area contributed by atoms with Gasteiger partial charge in [-0.25, -0.2) is 8.42 Å². The molecule has 2 aromatic rings. The standard InChI is InChI=1S/C14H14N2O5S.C4H8N2O2/c15-13(17)8-12(14(18)19)16-22(20,21)11-6-5-9-3-1-2-4-10(9)7-11;5-3(7)1-2-4(6)8/h1-7,12,16H,8H2,(H2,15,17)(H,18,19);1-2H2,(H2,5,7)(H2,6,8). The Balaban J connectivity index is 0.000000479. The van der Waals surface area contributed by atoms with E-state index in [9.17, 15) is 27.6 Å². The van der Waals surface area contributed by atoms with Crippen molar-refractivity contribution in [3.8, 4) is 0 Å². The van der Waals surface area contributed by atoms with Gasteiger partial charge in [-0.15, -0.1) is 0 Å². The number of benzene rings is 2. The maximum atomic E-state index is 12.2. The minimum absolute atomic E-state index is 0.0509. The van der Waals surface area contributed by atoms with E-state index in [1.165, 1.54) is 12.1 Å². The van der Waals surface area contributed by atoms with E-state index < -0.39 is 46.2 Å². The molecule has 2 aromatic carbocycles. The SMILES string of the molecule is NC(=O)CC(NS(=O)(=O)c1ccc2ccccc2c1)C(=O)O.NC(=O)CCC(N)=O. The van der Waals surface area contributed by atoms with Gasteiger partial charge in [-0.05, 0) is 22.9 Å². The molecule has 0 radical (unpaired) electrons. The van der Waals surface area contributed by atoms with Crippen LogP contribution in [0.5, 0.6) is 0 Å². The molecule has 0 aliphatic heterocycles. The molecule has 3 amide bonds. The third-order valence-electron chi connectivity index (χ3n) is 3.65. The lowest BCUT2D eigenvalue weighted by molar-refractivity contribution is -0.140. The number of nitrogens with one attached hydrogen (secondary N) is 1. The molecule has 12 heteroatoms. The summed E-state index contributed by atoms with van der Waals surface area (Å²) in [6.07, 6.45) is -0.521. The number of fused-ring (bicyclic) bond motifs is 1. The van der Waals surface area contributed by atoms with Crippen LogP contribution in [-0.2, 0) is 29.2 Å². The number of hydrogen-bond donors (Lipinski definition) is 5. The number of amides is 3. The van der Waals surface area contributed by atoms with Gasteiger partial charge >= 0.3 is 5.97 Å². The maximum Gasteiger partial charge on any atom is 0.322 e. The largest absolute Gasteiger partial charge is 0.480 e. The van der Waals surface area contributed by atoms with E-state index >= 15 is 0 Å². The summed E-state index contributed by atoms with van der Waals surface area (Å²) in [4.78, 5) is 41.6. The number of carbonyl (C=O) groups excluding carboxylic acids is 3. The number of hydrogen-bond acceptors (Lipinski definition) is 6. The average molecular weight is 438 g/mol. The van der Waals surface area contributed by atoms with E-state index in [2.05, 4.69) is 0 Å². The van der Waals surface area contributed by atoms with Crippen LogP contribution in [0.1, 0.15) is 19.3 Å². The lowest BCUT2D eigenvalue weighted by atomic mass is 10.1. The Hall–Kier alpha value is -3.51. The van der Waals surface area contributed by atoms with Crippen molar-refractivity contribution in [1.29, 1.82) is 0 Å². The highest BCUT2D eigenvalue weighted by molar-refractivity contribution is 7.89. The molecule has 0 saturated carbocycles. The molecule has 30 heavy (non-hydrogen) atoms. The molecule has 8 N–H and O–H groups in total. The first kappa shape index (κ1) is 24.5. The lowest BCUT2D eigenvalue weighted by Crippen LogP contribution is -2.43. The molecule has 0 aromatic heterocycles. The Morgan fingerprint density at radius 2 is 1.40 bits per heavy atom. The van der Waals surface area contributed by atoms with Gasteiger partial charge in [-0.1, -0.05) is 30.3 Å². The first-order chi connectivity index (χ1) is 13.9. The molecule has 162 valence electrons. The Kier molecular flexibility index (Phi) is 8.89. The van der Waals surface area contributed by atoms with Gasteiger partial charge in [0.25, 0.3) is 0 Å². The van der Waals surface area contributed by atoms with Crippen LogP contribution >= 0.6 is 0 Å². The molecule has 1 atom stereocenters. The van der Waals surface area contributed by atoms with E-state index in [0.29, 0.717) is 5.39 Å². The second-order valence-corrected chi connectivity index (χ2v) is 7.84. The van der Waals surface area contributed by atoms with Crippen LogP contribution in [0.3, 0.4) is 0 Å². The topological polar surface area (TPSA) is 213 Å². The molecule has 2 rings (SSSR count). The van der Waals surface area contributed by atoms with Gasteiger partial charge < -0.3 is 22.3 Å². The van der Waals surface area contributed by atoms with Gasteiger partial charge in [-0.3, -0.25) is 19.2 Å². The fraction of sp³-hybridized carbons (Fsp3) is 0.222. The smallest absolute Gasteiger partial charge is 0.322 e. The van der Waals surface area contributed by atoms with Crippen LogP contribution < -0.4 is 21.9 Å². The van der Waals surface area contributed by atoms with Crippen molar-refractivity contribution in [2.24, 2.45) is 17.2 Å². The number of nitrogens with two attached hydrogens (primary N) is 3. The van der Waals surface area contributed by atoms with Gasteiger partial charge in [0.2, 0.25) is 27.7 Å². The van der Waals surface area contributed by atoms with E-state index in [1.807, 2.05) is 16.9 Å². The van der Waals surface area contributed by atoms with E-state index in [4.69, 9.17) is 22.3 Å². The molecule has 0 aliphatic rings. The Bertz CT molecular complexity index is 1040. The molecule has 0 fully saturated rings.